The quantitative estimate of drug-likeness (QED) is 0.743. The zero-order valence-corrected chi connectivity index (χ0v) is 16.1. The number of thioether (sulfide) groups is 1. The number of thiazole rings is 1. The van der Waals surface area contributed by atoms with Gasteiger partial charge in [-0.1, -0.05) is 24.2 Å². The van der Waals surface area contributed by atoms with E-state index in [1.807, 2.05) is 18.7 Å². The zero-order chi connectivity index (χ0) is 17.2. The number of aromatic nitrogens is 1. The van der Waals surface area contributed by atoms with Crippen molar-refractivity contribution in [2.75, 3.05) is 12.3 Å². The first-order chi connectivity index (χ1) is 11.5. The summed E-state index contributed by atoms with van der Waals surface area (Å²) in [4.78, 5) is 12.1. The van der Waals surface area contributed by atoms with Crippen LogP contribution >= 0.6 is 23.1 Å². The number of aryl methyl sites for hydroxylation is 1. The Balaban J connectivity index is 1.67. The second-order valence-electron chi connectivity index (χ2n) is 5.92. The Hall–Kier alpha value is -0.830. The molecule has 0 aliphatic heterocycles. The number of rotatable bonds is 7. The smallest absolute Gasteiger partial charge is 0.299 e. The van der Waals surface area contributed by atoms with Gasteiger partial charge < -0.3 is 0 Å². The normalized spacial score (nSPS) is 16.2. The summed E-state index contributed by atoms with van der Waals surface area (Å²) >= 11 is 2.95. The number of nitrogens with one attached hydrogen (secondary N) is 1. The summed E-state index contributed by atoms with van der Waals surface area (Å²) in [6, 6.07) is 4.89. The predicted octanol–water partition coefficient (Wildman–Crippen LogP) is 3.04. The maximum absolute atomic E-state index is 12.4. The third-order valence-corrected chi connectivity index (χ3v) is 8.10. The molecular weight excluding hydrogens is 364 g/mol. The summed E-state index contributed by atoms with van der Waals surface area (Å²) < 4.78 is 29.9. The van der Waals surface area contributed by atoms with Crippen molar-refractivity contribution in [3.8, 4) is 0 Å². The van der Waals surface area contributed by atoms with E-state index in [2.05, 4.69) is 4.72 Å². The zero-order valence-electron chi connectivity index (χ0n) is 13.7. The van der Waals surface area contributed by atoms with E-state index in [0.29, 0.717) is 23.0 Å². The van der Waals surface area contributed by atoms with Crippen LogP contribution in [0.2, 0.25) is 0 Å². The predicted molar refractivity (Wildman–Crippen MR) is 102 cm³/mol. The average molecular weight is 387 g/mol. The van der Waals surface area contributed by atoms with Crippen LogP contribution in [0.4, 0.5) is 0 Å². The molecule has 1 aliphatic rings. The van der Waals surface area contributed by atoms with Crippen molar-refractivity contribution in [1.82, 2.24) is 9.29 Å². The molecule has 5 nitrogen and oxygen atoms in total. The van der Waals surface area contributed by atoms with Crippen molar-refractivity contribution in [3.63, 3.8) is 0 Å². The van der Waals surface area contributed by atoms with E-state index in [-0.39, 0.29) is 9.77 Å². The molecule has 1 fully saturated rings. The van der Waals surface area contributed by atoms with E-state index in [0.717, 1.165) is 22.6 Å². The highest BCUT2D eigenvalue weighted by Gasteiger charge is 2.18. The van der Waals surface area contributed by atoms with Crippen LogP contribution in [-0.4, -0.2) is 30.5 Å². The Labute approximate surface area is 150 Å². The van der Waals surface area contributed by atoms with E-state index in [1.54, 1.807) is 22.8 Å². The SMILES string of the molecule is CCn1c(=O)sc2cc(S(=O)(=O)NCCSC3CCCC3)ccc21. The largest absolute Gasteiger partial charge is 0.308 e. The van der Waals surface area contributed by atoms with E-state index < -0.39 is 10.0 Å². The number of nitrogens with zero attached hydrogens (tertiary/aromatic N) is 1. The van der Waals surface area contributed by atoms with Gasteiger partial charge in [-0.2, -0.15) is 11.8 Å². The van der Waals surface area contributed by atoms with Crippen molar-refractivity contribution in [1.29, 1.82) is 0 Å². The van der Waals surface area contributed by atoms with Gasteiger partial charge in [0.15, 0.2) is 0 Å². The number of fused-ring (bicyclic) bond motifs is 1. The number of hydrogen-bond donors (Lipinski definition) is 1. The number of benzene rings is 1. The van der Waals surface area contributed by atoms with Crippen LogP contribution in [-0.2, 0) is 16.6 Å². The molecule has 0 amide bonds. The maximum Gasteiger partial charge on any atom is 0.308 e. The lowest BCUT2D eigenvalue weighted by atomic mass is 10.3. The van der Waals surface area contributed by atoms with Gasteiger partial charge in [-0.3, -0.25) is 9.36 Å². The van der Waals surface area contributed by atoms with Crippen LogP contribution in [0.1, 0.15) is 32.6 Å². The van der Waals surface area contributed by atoms with E-state index >= 15 is 0 Å². The Morgan fingerprint density at radius 1 is 1.33 bits per heavy atom. The van der Waals surface area contributed by atoms with Crippen molar-refractivity contribution in [2.45, 2.75) is 49.3 Å². The molecule has 0 spiro atoms. The topological polar surface area (TPSA) is 68.2 Å². The van der Waals surface area contributed by atoms with Gasteiger partial charge in [-0.05, 0) is 38.0 Å². The summed E-state index contributed by atoms with van der Waals surface area (Å²) in [6.45, 7) is 2.93. The molecular formula is C16H22N2O3S3. The third-order valence-electron chi connectivity index (χ3n) is 4.32. The van der Waals surface area contributed by atoms with Crippen molar-refractivity contribution < 1.29 is 8.42 Å². The molecule has 0 atom stereocenters. The molecule has 1 aromatic carbocycles. The fourth-order valence-electron chi connectivity index (χ4n) is 3.05. The highest BCUT2D eigenvalue weighted by Crippen LogP contribution is 2.29. The van der Waals surface area contributed by atoms with E-state index in [9.17, 15) is 13.2 Å². The highest BCUT2D eigenvalue weighted by molar-refractivity contribution is 8.00. The van der Waals surface area contributed by atoms with Crippen LogP contribution in [0.25, 0.3) is 10.2 Å². The van der Waals surface area contributed by atoms with Gasteiger partial charge in [0.1, 0.15) is 0 Å². The molecule has 24 heavy (non-hydrogen) atoms. The van der Waals surface area contributed by atoms with Gasteiger partial charge in [0.05, 0.1) is 15.1 Å². The first kappa shape index (κ1) is 18.0. The minimum Gasteiger partial charge on any atom is -0.299 e. The highest BCUT2D eigenvalue weighted by atomic mass is 32.2. The lowest BCUT2D eigenvalue weighted by molar-refractivity contribution is 0.584. The van der Waals surface area contributed by atoms with Crippen LogP contribution in [0, 0.1) is 0 Å². The van der Waals surface area contributed by atoms with Crippen LogP contribution in [0.15, 0.2) is 27.9 Å². The van der Waals surface area contributed by atoms with E-state index in [1.165, 1.54) is 25.7 Å². The minimum absolute atomic E-state index is 0.0528. The fraction of sp³-hybridized carbons (Fsp3) is 0.562. The monoisotopic (exact) mass is 386 g/mol. The van der Waals surface area contributed by atoms with Crippen molar-refractivity contribution in [3.05, 3.63) is 27.9 Å². The molecule has 2 aromatic rings. The van der Waals surface area contributed by atoms with Gasteiger partial charge in [0.2, 0.25) is 10.0 Å². The standard InChI is InChI=1S/C16H22N2O3S3/c1-2-18-14-8-7-13(11-15(14)23-16(18)19)24(20,21)17-9-10-22-12-5-3-4-6-12/h7-8,11-12,17H,2-6,9-10H2,1H3. The molecule has 0 bridgehead atoms. The molecule has 1 aromatic heterocycles. The molecule has 1 N–H and O–H groups in total. The Morgan fingerprint density at radius 3 is 2.79 bits per heavy atom. The lowest BCUT2D eigenvalue weighted by Crippen LogP contribution is -2.26. The van der Waals surface area contributed by atoms with Gasteiger partial charge in [0.25, 0.3) is 0 Å². The van der Waals surface area contributed by atoms with E-state index in [4.69, 9.17) is 0 Å². The summed E-state index contributed by atoms with van der Waals surface area (Å²) in [5, 5.41) is 0.692. The third kappa shape index (κ3) is 3.87. The van der Waals surface area contributed by atoms with Gasteiger partial charge in [-0.25, -0.2) is 13.1 Å². The first-order valence-electron chi connectivity index (χ1n) is 8.26. The first-order valence-corrected chi connectivity index (χ1v) is 11.6. The molecule has 1 heterocycles. The van der Waals surface area contributed by atoms with Crippen molar-refractivity contribution in [2.24, 2.45) is 0 Å². The maximum atomic E-state index is 12.4. The average Bonchev–Trinajstić information content (AvgIpc) is 3.17. The summed E-state index contributed by atoms with van der Waals surface area (Å²) in [6.07, 6.45) is 5.09. The summed E-state index contributed by atoms with van der Waals surface area (Å²) in [7, 11) is -3.53. The summed E-state index contributed by atoms with van der Waals surface area (Å²) in [5.41, 5.74) is 0.795. The Morgan fingerprint density at radius 2 is 2.08 bits per heavy atom. The molecule has 0 saturated heterocycles. The van der Waals surface area contributed by atoms with Crippen LogP contribution < -0.4 is 9.60 Å². The van der Waals surface area contributed by atoms with Gasteiger partial charge in [0, 0.05) is 24.1 Å². The molecule has 3 rings (SSSR count). The lowest BCUT2D eigenvalue weighted by Gasteiger charge is -2.10. The van der Waals surface area contributed by atoms with Gasteiger partial charge in [-0.15, -0.1) is 0 Å². The molecule has 0 radical (unpaired) electrons. The summed E-state index contributed by atoms with van der Waals surface area (Å²) in [5.74, 6) is 0.797. The fourth-order valence-corrected chi connectivity index (χ4v) is 6.53. The second-order valence-corrected chi connectivity index (χ2v) is 10.1. The van der Waals surface area contributed by atoms with Gasteiger partial charge >= 0.3 is 4.87 Å². The molecule has 0 unspecified atom stereocenters. The number of hydrogen-bond acceptors (Lipinski definition) is 5. The second kappa shape index (κ2) is 7.59. The molecule has 1 saturated carbocycles. The molecule has 132 valence electrons. The minimum atomic E-state index is -3.53. The number of sulfonamides is 1. The van der Waals surface area contributed by atoms with Crippen LogP contribution in [0.3, 0.4) is 0 Å². The van der Waals surface area contributed by atoms with Crippen molar-refractivity contribution >= 4 is 43.3 Å². The Kier molecular flexibility index (Phi) is 5.69. The molecule has 1 aliphatic carbocycles. The Bertz CT molecular complexity index is 864. The van der Waals surface area contributed by atoms with Crippen LogP contribution in [0.5, 0.6) is 0 Å². The molecule has 8 heteroatoms.